The number of ether oxygens (including phenoxy) is 1. The molecule has 0 aliphatic carbocycles. The molecule has 0 aliphatic rings. The number of carbonyl (C=O) groups is 1. The standard InChI is InChI=1S/C10H14FN3O2/c1-7(6-16-3)14-5-4-9(13-14)12-10(15)8(2)11/h4-5,7H,2,6H2,1,3H3,(H,12,13,15). The van der Waals surface area contributed by atoms with Gasteiger partial charge in [0.25, 0.3) is 5.91 Å². The van der Waals surface area contributed by atoms with E-state index >= 15 is 0 Å². The monoisotopic (exact) mass is 227 g/mol. The summed E-state index contributed by atoms with van der Waals surface area (Å²) in [5.74, 6) is -1.64. The lowest BCUT2D eigenvalue weighted by molar-refractivity contribution is -0.114. The molecule has 0 aromatic carbocycles. The van der Waals surface area contributed by atoms with Crippen LogP contribution in [0.15, 0.2) is 24.7 Å². The molecular formula is C10H14FN3O2. The van der Waals surface area contributed by atoms with Crippen LogP contribution in [0, 0.1) is 0 Å². The molecule has 0 bridgehead atoms. The Morgan fingerprint density at radius 1 is 1.81 bits per heavy atom. The summed E-state index contributed by atoms with van der Waals surface area (Å²) in [6.07, 6.45) is 1.68. The SMILES string of the molecule is C=C(F)C(=O)Nc1ccn(C(C)COC)n1. The van der Waals surface area contributed by atoms with E-state index in [9.17, 15) is 9.18 Å². The smallest absolute Gasteiger partial charge is 0.284 e. The maximum absolute atomic E-state index is 12.4. The minimum absolute atomic E-state index is 0.0456. The lowest BCUT2D eigenvalue weighted by atomic mass is 10.4. The van der Waals surface area contributed by atoms with Gasteiger partial charge in [0, 0.05) is 19.4 Å². The maximum atomic E-state index is 12.4. The first-order chi connectivity index (χ1) is 7.54. The Bertz CT molecular complexity index is 389. The molecule has 1 aromatic rings. The van der Waals surface area contributed by atoms with Crippen molar-refractivity contribution in [2.45, 2.75) is 13.0 Å². The van der Waals surface area contributed by atoms with Crippen molar-refractivity contribution < 1.29 is 13.9 Å². The summed E-state index contributed by atoms with van der Waals surface area (Å²) in [4.78, 5) is 11.0. The summed E-state index contributed by atoms with van der Waals surface area (Å²) in [6.45, 7) is 5.31. The highest BCUT2D eigenvalue weighted by molar-refractivity contribution is 6.00. The summed E-state index contributed by atoms with van der Waals surface area (Å²) < 4.78 is 19.0. The Balaban J connectivity index is 2.64. The molecule has 1 amide bonds. The van der Waals surface area contributed by atoms with Gasteiger partial charge in [-0.25, -0.2) is 4.39 Å². The minimum Gasteiger partial charge on any atom is -0.382 e. The summed E-state index contributed by atoms with van der Waals surface area (Å²) in [5.41, 5.74) is 0. The molecule has 16 heavy (non-hydrogen) atoms. The second-order valence-electron chi connectivity index (χ2n) is 3.34. The van der Waals surface area contributed by atoms with Crippen LogP contribution in [0.2, 0.25) is 0 Å². The van der Waals surface area contributed by atoms with Crippen molar-refractivity contribution in [2.24, 2.45) is 0 Å². The van der Waals surface area contributed by atoms with Crippen LogP contribution in [-0.4, -0.2) is 29.4 Å². The molecule has 0 radical (unpaired) electrons. The van der Waals surface area contributed by atoms with Crippen molar-refractivity contribution in [3.8, 4) is 0 Å². The van der Waals surface area contributed by atoms with E-state index in [4.69, 9.17) is 4.74 Å². The third kappa shape index (κ3) is 3.16. The van der Waals surface area contributed by atoms with Crippen molar-refractivity contribution in [3.63, 3.8) is 0 Å². The van der Waals surface area contributed by atoms with E-state index in [2.05, 4.69) is 17.0 Å². The highest BCUT2D eigenvalue weighted by atomic mass is 19.1. The molecule has 0 aliphatic heterocycles. The van der Waals surface area contributed by atoms with E-state index in [0.717, 1.165) is 0 Å². The summed E-state index contributed by atoms with van der Waals surface area (Å²) in [6, 6.07) is 1.62. The van der Waals surface area contributed by atoms with Crippen molar-refractivity contribution in [2.75, 3.05) is 19.0 Å². The molecule has 0 fully saturated rings. The first-order valence-electron chi connectivity index (χ1n) is 4.74. The van der Waals surface area contributed by atoms with Gasteiger partial charge in [-0.2, -0.15) is 5.10 Å². The largest absolute Gasteiger partial charge is 0.382 e. The Hall–Kier alpha value is -1.69. The second-order valence-corrected chi connectivity index (χ2v) is 3.34. The van der Waals surface area contributed by atoms with Gasteiger partial charge in [-0.05, 0) is 6.92 Å². The van der Waals surface area contributed by atoms with Crippen molar-refractivity contribution in [1.29, 1.82) is 0 Å². The van der Waals surface area contributed by atoms with Crippen LogP contribution in [0.5, 0.6) is 0 Å². The zero-order chi connectivity index (χ0) is 12.1. The Kier molecular flexibility index (Phi) is 4.19. The van der Waals surface area contributed by atoms with Gasteiger partial charge < -0.3 is 10.1 Å². The highest BCUT2D eigenvalue weighted by Crippen LogP contribution is 2.10. The zero-order valence-electron chi connectivity index (χ0n) is 9.24. The molecule has 1 heterocycles. The second kappa shape index (κ2) is 5.41. The van der Waals surface area contributed by atoms with E-state index in [1.54, 1.807) is 24.1 Å². The van der Waals surface area contributed by atoms with E-state index in [0.29, 0.717) is 6.61 Å². The highest BCUT2D eigenvalue weighted by Gasteiger charge is 2.10. The van der Waals surface area contributed by atoms with Crippen LogP contribution in [0.1, 0.15) is 13.0 Å². The number of anilines is 1. The number of hydrogen-bond acceptors (Lipinski definition) is 3. The summed E-state index contributed by atoms with van der Waals surface area (Å²) in [5, 5.41) is 6.32. The number of carbonyl (C=O) groups excluding carboxylic acids is 1. The van der Waals surface area contributed by atoms with E-state index < -0.39 is 11.7 Å². The topological polar surface area (TPSA) is 56.2 Å². The maximum Gasteiger partial charge on any atom is 0.284 e. The van der Waals surface area contributed by atoms with Gasteiger partial charge in [0.05, 0.1) is 12.6 Å². The molecule has 0 saturated carbocycles. The number of nitrogens with zero attached hydrogens (tertiary/aromatic N) is 2. The van der Waals surface area contributed by atoms with E-state index in [-0.39, 0.29) is 11.9 Å². The molecule has 1 atom stereocenters. The number of halogens is 1. The Morgan fingerprint density at radius 2 is 2.50 bits per heavy atom. The lowest BCUT2D eigenvalue weighted by Crippen LogP contribution is -2.14. The lowest BCUT2D eigenvalue weighted by Gasteiger charge is -2.10. The van der Waals surface area contributed by atoms with Gasteiger partial charge in [0.2, 0.25) is 0 Å². The predicted molar refractivity (Wildman–Crippen MR) is 57.7 cm³/mol. The molecule has 6 heteroatoms. The molecular weight excluding hydrogens is 213 g/mol. The Morgan fingerprint density at radius 3 is 3.06 bits per heavy atom. The fourth-order valence-electron chi connectivity index (χ4n) is 1.15. The fourth-order valence-corrected chi connectivity index (χ4v) is 1.15. The summed E-state index contributed by atoms with van der Waals surface area (Å²) >= 11 is 0. The number of nitrogens with one attached hydrogen (secondary N) is 1. The summed E-state index contributed by atoms with van der Waals surface area (Å²) in [7, 11) is 1.59. The van der Waals surface area contributed by atoms with Crippen LogP contribution in [0.3, 0.4) is 0 Å². The normalized spacial score (nSPS) is 12.2. The molecule has 5 nitrogen and oxygen atoms in total. The minimum atomic E-state index is -1.04. The average molecular weight is 227 g/mol. The Labute approximate surface area is 92.9 Å². The van der Waals surface area contributed by atoms with Crippen molar-refractivity contribution >= 4 is 11.7 Å². The van der Waals surface area contributed by atoms with Crippen LogP contribution >= 0.6 is 0 Å². The fraction of sp³-hybridized carbons (Fsp3) is 0.400. The molecule has 1 aromatic heterocycles. The molecule has 0 spiro atoms. The van der Waals surface area contributed by atoms with Gasteiger partial charge >= 0.3 is 0 Å². The van der Waals surface area contributed by atoms with Gasteiger partial charge in [-0.3, -0.25) is 9.48 Å². The number of methoxy groups -OCH3 is 1. The number of hydrogen-bond donors (Lipinski definition) is 1. The molecule has 1 N–H and O–H groups in total. The van der Waals surface area contributed by atoms with Gasteiger partial charge in [-0.1, -0.05) is 6.58 Å². The first kappa shape index (κ1) is 12.4. The molecule has 0 saturated heterocycles. The molecule has 88 valence electrons. The number of rotatable bonds is 5. The molecule has 1 rings (SSSR count). The van der Waals surface area contributed by atoms with Crippen molar-refractivity contribution in [1.82, 2.24) is 9.78 Å². The third-order valence-corrected chi connectivity index (χ3v) is 1.96. The van der Waals surface area contributed by atoms with E-state index in [1.165, 1.54) is 0 Å². The van der Waals surface area contributed by atoms with Gasteiger partial charge in [0.1, 0.15) is 0 Å². The molecule has 1 unspecified atom stereocenters. The first-order valence-corrected chi connectivity index (χ1v) is 4.74. The number of amides is 1. The third-order valence-electron chi connectivity index (χ3n) is 1.96. The zero-order valence-corrected chi connectivity index (χ0v) is 9.24. The van der Waals surface area contributed by atoms with E-state index in [1.807, 2.05) is 6.92 Å². The van der Waals surface area contributed by atoms with Crippen LogP contribution < -0.4 is 5.32 Å². The predicted octanol–water partition coefficient (Wildman–Crippen LogP) is 1.51. The quantitative estimate of drug-likeness (QED) is 0.776. The van der Waals surface area contributed by atoms with Crippen LogP contribution in [0.4, 0.5) is 10.2 Å². The van der Waals surface area contributed by atoms with Gasteiger partial charge in [0.15, 0.2) is 11.6 Å². The van der Waals surface area contributed by atoms with Crippen LogP contribution in [0.25, 0.3) is 0 Å². The van der Waals surface area contributed by atoms with Gasteiger partial charge in [-0.15, -0.1) is 0 Å². The van der Waals surface area contributed by atoms with Crippen molar-refractivity contribution in [3.05, 3.63) is 24.7 Å². The number of aromatic nitrogens is 2. The average Bonchev–Trinajstić information content (AvgIpc) is 2.66. The van der Waals surface area contributed by atoms with Crippen LogP contribution in [-0.2, 0) is 9.53 Å².